The fourth-order valence-corrected chi connectivity index (χ4v) is 4.81. The van der Waals surface area contributed by atoms with Crippen LogP contribution in [-0.2, 0) is 5.54 Å². The summed E-state index contributed by atoms with van der Waals surface area (Å²) in [5.74, 6) is -2.46. The molecule has 2 aliphatic carbocycles. The molecule has 2 aromatic rings. The normalized spacial score (nSPS) is 27.4. The Bertz CT molecular complexity index is 1020. The number of hydrogen-bond acceptors (Lipinski definition) is 3. The first-order valence-electron chi connectivity index (χ1n) is 8.97. The van der Waals surface area contributed by atoms with E-state index in [4.69, 9.17) is 0 Å². The summed E-state index contributed by atoms with van der Waals surface area (Å²) < 4.78 is 32.1. The number of aromatic carboxylic acids is 1. The molecule has 26 heavy (non-hydrogen) atoms. The molecule has 1 aromatic heterocycles. The average molecular weight is 360 g/mol. The third-order valence-corrected chi connectivity index (χ3v) is 6.20. The molecule has 5 nitrogen and oxygen atoms in total. The van der Waals surface area contributed by atoms with Crippen molar-refractivity contribution in [3.63, 3.8) is 0 Å². The van der Waals surface area contributed by atoms with Crippen LogP contribution in [0.15, 0.2) is 17.1 Å². The van der Waals surface area contributed by atoms with Crippen molar-refractivity contribution in [3.8, 4) is 0 Å². The Morgan fingerprint density at radius 2 is 2.08 bits per heavy atom. The lowest BCUT2D eigenvalue weighted by Crippen LogP contribution is -2.39. The van der Waals surface area contributed by atoms with Crippen LogP contribution >= 0.6 is 0 Å². The molecule has 1 saturated heterocycles. The summed E-state index contributed by atoms with van der Waals surface area (Å²) >= 11 is 0. The Kier molecular flexibility index (Phi) is 3.14. The van der Waals surface area contributed by atoms with Crippen molar-refractivity contribution in [2.45, 2.75) is 43.7 Å². The van der Waals surface area contributed by atoms with E-state index in [1.807, 2.05) is 0 Å². The second-order valence-corrected chi connectivity index (χ2v) is 7.83. The maximum absolute atomic E-state index is 15.6. The summed E-state index contributed by atoms with van der Waals surface area (Å²) in [5.41, 5.74) is -1.97. The average Bonchev–Trinajstić information content (AvgIpc) is 3.25. The smallest absolute Gasteiger partial charge is 0.341 e. The lowest BCUT2D eigenvalue weighted by Gasteiger charge is -2.30. The van der Waals surface area contributed by atoms with Crippen LogP contribution in [-0.4, -0.2) is 22.2 Å². The van der Waals surface area contributed by atoms with E-state index in [-0.39, 0.29) is 22.5 Å². The molecular formula is C19H18F2N2O3. The first-order chi connectivity index (χ1) is 12.4. The van der Waals surface area contributed by atoms with E-state index >= 15 is 4.39 Å². The number of nitrogens with one attached hydrogen (secondary N) is 1. The van der Waals surface area contributed by atoms with Gasteiger partial charge in [0, 0.05) is 23.3 Å². The van der Waals surface area contributed by atoms with Crippen molar-refractivity contribution < 1.29 is 18.7 Å². The molecule has 0 spiro atoms. The minimum absolute atomic E-state index is 0.00174. The van der Waals surface area contributed by atoms with Gasteiger partial charge < -0.3 is 15.0 Å². The Morgan fingerprint density at radius 3 is 2.62 bits per heavy atom. The van der Waals surface area contributed by atoms with Crippen LogP contribution in [0.4, 0.5) is 8.78 Å². The van der Waals surface area contributed by atoms with Crippen molar-refractivity contribution in [2.75, 3.05) is 6.54 Å². The number of halogens is 2. The second-order valence-electron chi connectivity index (χ2n) is 7.83. The van der Waals surface area contributed by atoms with Crippen LogP contribution in [0.2, 0.25) is 0 Å². The largest absolute Gasteiger partial charge is 0.477 e. The van der Waals surface area contributed by atoms with Crippen molar-refractivity contribution in [1.29, 1.82) is 0 Å². The predicted molar refractivity (Wildman–Crippen MR) is 90.4 cm³/mol. The van der Waals surface area contributed by atoms with Gasteiger partial charge in [0.05, 0.1) is 10.9 Å². The fraction of sp³-hybridized carbons (Fsp3) is 0.474. The Hall–Kier alpha value is -2.28. The maximum atomic E-state index is 15.6. The van der Waals surface area contributed by atoms with Gasteiger partial charge in [-0.25, -0.2) is 13.6 Å². The number of benzene rings is 1. The van der Waals surface area contributed by atoms with E-state index in [9.17, 15) is 19.1 Å². The Labute approximate surface area is 147 Å². The van der Waals surface area contributed by atoms with Gasteiger partial charge in [-0.1, -0.05) is 0 Å². The molecule has 1 aromatic carbocycles. The number of hydrogen-bond donors (Lipinski definition) is 2. The number of carboxylic acid groups (broad SMARTS) is 1. The topological polar surface area (TPSA) is 71.3 Å². The highest BCUT2D eigenvalue weighted by molar-refractivity contribution is 5.93. The molecule has 2 saturated carbocycles. The van der Waals surface area contributed by atoms with E-state index in [0.29, 0.717) is 18.8 Å². The number of carboxylic acids is 1. The highest BCUT2D eigenvalue weighted by Crippen LogP contribution is 2.49. The Morgan fingerprint density at radius 1 is 1.31 bits per heavy atom. The number of pyridine rings is 1. The summed E-state index contributed by atoms with van der Waals surface area (Å²) in [5, 5.41) is 12.4. The molecular weight excluding hydrogens is 342 g/mol. The molecule has 7 heteroatoms. The van der Waals surface area contributed by atoms with Gasteiger partial charge >= 0.3 is 5.97 Å². The van der Waals surface area contributed by atoms with Crippen LogP contribution < -0.4 is 10.7 Å². The summed E-state index contributed by atoms with van der Waals surface area (Å²) in [6, 6.07) is 0.984. The summed E-state index contributed by atoms with van der Waals surface area (Å²) in [7, 11) is 0. The van der Waals surface area contributed by atoms with Crippen LogP contribution in [0.25, 0.3) is 10.9 Å². The van der Waals surface area contributed by atoms with E-state index in [0.717, 1.165) is 31.9 Å². The van der Waals surface area contributed by atoms with Crippen LogP contribution in [0.5, 0.6) is 0 Å². The molecule has 3 aliphatic rings. The zero-order valence-electron chi connectivity index (χ0n) is 14.0. The van der Waals surface area contributed by atoms with Gasteiger partial charge in [-0.3, -0.25) is 4.79 Å². The SMILES string of the molecule is O=C(O)c1cn(C2CC2)c2c(F)c(C34CCC(CN3)C4)c(F)cc2c1=O. The lowest BCUT2D eigenvalue weighted by molar-refractivity contribution is 0.0694. The first-order valence-corrected chi connectivity index (χ1v) is 8.97. The van der Waals surface area contributed by atoms with E-state index in [1.54, 1.807) is 0 Å². The number of rotatable bonds is 3. The molecule has 2 N–H and O–H groups in total. The van der Waals surface area contributed by atoms with Gasteiger partial charge in [0.2, 0.25) is 5.43 Å². The van der Waals surface area contributed by atoms with E-state index in [2.05, 4.69) is 5.32 Å². The van der Waals surface area contributed by atoms with Crippen LogP contribution in [0.3, 0.4) is 0 Å². The van der Waals surface area contributed by atoms with Crippen molar-refractivity contribution in [2.24, 2.45) is 5.92 Å². The first kappa shape index (κ1) is 15.9. The lowest BCUT2D eigenvalue weighted by atomic mass is 9.87. The molecule has 5 rings (SSSR count). The van der Waals surface area contributed by atoms with E-state index in [1.165, 1.54) is 10.8 Å². The third kappa shape index (κ3) is 2.03. The molecule has 0 amide bonds. The molecule has 2 unspecified atom stereocenters. The third-order valence-electron chi connectivity index (χ3n) is 6.20. The minimum atomic E-state index is -1.38. The predicted octanol–water partition coefficient (Wildman–Crippen LogP) is 2.91. The summed E-state index contributed by atoms with van der Waals surface area (Å²) in [4.78, 5) is 23.9. The number of nitrogens with zero attached hydrogens (tertiary/aromatic N) is 1. The molecule has 3 fully saturated rings. The quantitative estimate of drug-likeness (QED) is 0.883. The number of fused-ring (bicyclic) bond motifs is 3. The van der Waals surface area contributed by atoms with Gasteiger partial charge in [0.1, 0.15) is 11.4 Å². The summed E-state index contributed by atoms with van der Waals surface area (Å²) in [6.07, 6.45) is 5.07. The van der Waals surface area contributed by atoms with Crippen molar-refractivity contribution >= 4 is 16.9 Å². The number of carbonyl (C=O) groups is 1. The van der Waals surface area contributed by atoms with Gasteiger partial charge in [-0.2, -0.15) is 0 Å². The number of aromatic nitrogens is 1. The summed E-state index contributed by atoms with van der Waals surface area (Å²) in [6.45, 7) is 0.740. The van der Waals surface area contributed by atoms with Crippen LogP contribution in [0.1, 0.15) is 54.1 Å². The van der Waals surface area contributed by atoms with Gasteiger partial charge in [0.15, 0.2) is 5.82 Å². The monoisotopic (exact) mass is 360 g/mol. The highest BCUT2D eigenvalue weighted by Gasteiger charge is 2.49. The second kappa shape index (κ2) is 5.13. The van der Waals surface area contributed by atoms with Crippen molar-refractivity contribution in [1.82, 2.24) is 9.88 Å². The standard InChI is InChI=1S/C19H18F2N2O3/c20-13-5-11-16(15(21)14(13)19-4-3-9(6-19)7-22-19)23(10-1-2-10)8-12(17(11)24)18(25)26/h5,8-10,22H,1-4,6-7H2,(H,25,26). The molecule has 2 atom stereocenters. The molecule has 2 bridgehead atoms. The zero-order chi connectivity index (χ0) is 18.2. The van der Waals surface area contributed by atoms with E-state index < -0.39 is 34.1 Å². The molecule has 1 aliphatic heterocycles. The Balaban J connectivity index is 1.85. The van der Waals surface area contributed by atoms with Crippen LogP contribution in [0, 0.1) is 17.6 Å². The molecule has 136 valence electrons. The molecule has 2 heterocycles. The van der Waals surface area contributed by atoms with Crippen molar-refractivity contribution in [3.05, 3.63) is 45.2 Å². The molecule has 0 radical (unpaired) electrons. The maximum Gasteiger partial charge on any atom is 0.341 e. The van der Waals surface area contributed by atoms with Gasteiger partial charge in [0.25, 0.3) is 0 Å². The zero-order valence-corrected chi connectivity index (χ0v) is 14.0. The van der Waals surface area contributed by atoms with Gasteiger partial charge in [-0.15, -0.1) is 0 Å². The number of piperidine rings is 1. The fourth-order valence-electron chi connectivity index (χ4n) is 4.81. The minimum Gasteiger partial charge on any atom is -0.477 e. The van der Waals surface area contributed by atoms with Gasteiger partial charge in [-0.05, 0) is 50.6 Å². The highest BCUT2D eigenvalue weighted by atomic mass is 19.1.